The summed E-state index contributed by atoms with van der Waals surface area (Å²) < 4.78 is 0.830. The molecule has 0 saturated heterocycles. The van der Waals surface area contributed by atoms with Crippen molar-refractivity contribution in [1.82, 2.24) is 4.90 Å². The lowest BCUT2D eigenvalue weighted by Crippen LogP contribution is -2.36. The highest BCUT2D eigenvalue weighted by molar-refractivity contribution is 9.10. The maximum absolute atomic E-state index is 12.6. The van der Waals surface area contributed by atoms with Crippen LogP contribution in [0.4, 0.5) is 5.69 Å². The van der Waals surface area contributed by atoms with Gasteiger partial charge in [0.25, 0.3) is 5.91 Å². The summed E-state index contributed by atoms with van der Waals surface area (Å²) in [6.45, 7) is 1.32. The average molecular weight is 331 g/mol. The van der Waals surface area contributed by atoms with Crippen molar-refractivity contribution in [3.63, 3.8) is 0 Å². The second-order valence-electron chi connectivity index (χ2n) is 4.94. The number of nitrogen functional groups attached to an aromatic ring is 1. The summed E-state index contributed by atoms with van der Waals surface area (Å²) in [5.74, 6) is 0.0476. The fourth-order valence-corrected chi connectivity index (χ4v) is 3.04. The van der Waals surface area contributed by atoms with Crippen molar-refractivity contribution in [2.75, 3.05) is 12.3 Å². The van der Waals surface area contributed by atoms with Crippen LogP contribution in [-0.4, -0.2) is 17.4 Å². The van der Waals surface area contributed by atoms with Crippen molar-refractivity contribution in [2.45, 2.75) is 13.0 Å². The summed E-state index contributed by atoms with van der Waals surface area (Å²) in [4.78, 5) is 14.5. The van der Waals surface area contributed by atoms with E-state index in [1.807, 2.05) is 41.3 Å². The van der Waals surface area contributed by atoms with Gasteiger partial charge in [0, 0.05) is 23.2 Å². The van der Waals surface area contributed by atoms with Crippen LogP contribution in [0.2, 0.25) is 0 Å². The first-order chi connectivity index (χ1) is 9.66. The first kappa shape index (κ1) is 13.2. The Kier molecular flexibility index (Phi) is 3.49. The molecule has 4 heteroatoms. The molecular weight excluding hydrogens is 316 g/mol. The predicted molar refractivity (Wildman–Crippen MR) is 83.4 cm³/mol. The molecule has 0 aromatic heterocycles. The first-order valence-corrected chi connectivity index (χ1v) is 7.36. The van der Waals surface area contributed by atoms with Gasteiger partial charge >= 0.3 is 0 Å². The second kappa shape index (κ2) is 5.29. The summed E-state index contributed by atoms with van der Waals surface area (Å²) >= 11 is 3.44. The van der Waals surface area contributed by atoms with E-state index in [4.69, 9.17) is 5.73 Å². The fourth-order valence-electron chi connectivity index (χ4n) is 2.59. The molecule has 1 amide bonds. The number of anilines is 1. The number of hydrogen-bond donors (Lipinski definition) is 1. The van der Waals surface area contributed by atoms with Gasteiger partial charge in [-0.25, -0.2) is 0 Å². The van der Waals surface area contributed by atoms with Crippen LogP contribution in [0, 0.1) is 0 Å². The molecule has 0 radical (unpaired) electrons. The van der Waals surface area contributed by atoms with Crippen LogP contribution >= 0.6 is 15.9 Å². The van der Waals surface area contributed by atoms with E-state index in [0.717, 1.165) is 28.7 Å². The van der Waals surface area contributed by atoms with Gasteiger partial charge < -0.3 is 10.6 Å². The van der Waals surface area contributed by atoms with E-state index in [9.17, 15) is 4.79 Å². The molecule has 3 nitrogen and oxygen atoms in total. The van der Waals surface area contributed by atoms with Crippen molar-refractivity contribution in [3.05, 3.63) is 63.6 Å². The maximum atomic E-state index is 12.6. The van der Waals surface area contributed by atoms with Crippen LogP contribution in [-0.2, 0) is 13.0 Å². The number of carbonyl (C=O) groups is 1. The Labute approximate surface area is 126 Å². The Bertz CT molecular complexity index is 669. The molecule has 1 aliphatic heterocycles. The van der Waals surface area contributed by atoms with Gasteiger partial charge in [-0.05, 0) is 51.7 Å². The van der Waals surface area contributed by atoms with Gasteiger partial charge in [-0.2, -0.15) is 0 Å². The molecule has 0 bridgehead atoms. The number of carbonyl (C=O) groups excluding carboxylic acids is 1. The molecule has 2 N–H and O–H groups in total. The van der Waals surface area contributed by atoms with Gasteiger partial charge in [-0.1, -0.05) is 24.3 Å². The number of nitrogens with zero attached hydrogens (tertiary/aromatic N) is 1. The minimum absolute atomic E-state index is 0.0476. The summed E-state index contributed by atoms with van der Waals surface area (Å²) in [6, 6.07) is 13.5. The number of rotatable bonds is 1. The Morgan fingerprint density at radius 2 is 1.95 bits per heavy atom. The zero-order chi connectivity index (χ0) is 14.1. The Morgan fingerprint density at radius 3 is 2.75 bits per heavy atom. The normalized spacial score (nSPS) is 13.9. The fraction of sp³-hybridized carbons (Fsp3) is 0.188. The highest BCUT2D eigenvalue weighted by Crippen LogP contribution is 2.26. The van der Waals surface area contributed by atoms with Crippen molar-refractivity contribution < 1.29 is 4.79 Å². The van der Waals surface area contributed by atoms with E-state index in [-0.39, 0.29) is 5.91 Å². The van der Waals surface area contributed by atoms with E-state index in [1.54, 1.807) is 0 Å². The summed E-state index contributed by atoms with van der Waals surface area (Å²) in [7, 11) is 0. The predicted octanol–water partition coefficient (Wildman–Crippen LogP) is 3.23. The van der Waals surface area contributed by atoms with E-state index >= 15 is 0 Å². The number of hydrogen-bond acceptors (Lipinski definition) is 2. The highest BCUT2D eigenvalue weighted by atomic mass is 79.9. The third-order valence-corrected chi connectivity index (χ3v) is 4.39. The number of benzene rings is 2. The molecule has 102 valence electrons. The van der Waals surface area contributed by atoms with Crippen LogP contribution in [0.5, 0.6) is 0 Å². The molecule has 0 atom stereocenters. The molecule has 0 aliphatic carbocycles. The molecule has 1 aliphatic rings. The minimum Gasteiger partial charge on any atom is -0.398 e. The molecule has 0 fully saturated rings. The number of fused-ring (bicyclic) bond motifs is 1. The van der Waals surface area contributed by atoms with Crippen molar-refractivity contribution in [1.29, 1.82) is 0 Å². The van der Waals surface area contributed by atoms with E-state index in [0.29, 0.717) is 12.1 Å². The summed E-state index contributed by atoms with van der Waals surface area (Å²) in [5, 5.41) is 0. The van der Waals surface area contributed by atoms with Gasteiger partial charge in [0.1, 0.15) is 0 Å². The molecular formula is C16H15BrN2O. The standard InChI is InChI=1S/C16H15BrN2O/c17-14-6-2-1-5-12(14)16(20)19-9-8-11-4-3-7-15(18)13(11)10-19/h1-7H,8-10,18H2. The monoisotopic (exact) mass is 330 g/mol. The Balaban J connectivity index is 1.89. The van der Waals surface area contributed by atoms with E-state index in [1.165, 1.54) is 5.56 Å². The summed E-state index contributed by atoms with van der Waals surface area (Å²) in [6.07, 6.45) is 0.858. The first-order valence-electron chi connectivity index (χ1n) is 6.57. The van der Waals surface area contributed by atoms with Crippen molar-refractivity contribution in [2.24, 2.45) is 0 Å². The molecule has 2 aromatic carbocycles. The van der Waals surface area contributed by atoms with Crippen LogP contribution in [0.15, 0.2) is 46.9 Å². The van der Waals surface area contributed by atoms with Crippen LogP contribution in [0.3, 0.4) is 0 Å². The lowest BCUT2D eigenvalue weighted by molar-refractivity contribution is 0.0734. The molecule has 0 unspecified atom stereocenters. The van der Waals surface area contributed by atoms with E-state index in [2.05, 4.69) is 22.0 Å². The van der Waals surface area contributed by atoms with Gasteiger partial charge in [0.15, 0.2) is 0 Å². The van der Waals surface area contributed by atoms with Crippen molar-refractivity contribution >= 4 is 27.5 Å². The molecule has 20 heavy (non-hydrogen) atoms. The van der Waals surface area contributed by atoms with Crippen molar-refractivity contribution in [3.8, 4) is 0 Å². The van der Waals surface area contributed by atoms with Gasteiger partial charge in [0.2, 0.25) is 0 Å². The quantitative estimate of drug-likeness (QED) is 0.816. The largest absolute Gasteiger partial charge is 0.398 e. The molecule has 3 rings (SSSR count). The molecule has 2 aromatic rings. The molecule has 0 saturated carbocycles. The smallest absolute Gasteiger partial charge is 0.255 e. The zero-order valence-corrected chi connectivity index (χ0v) is 12.6. The summed E-state index contributed by atoms with van der Waals surface area (Å²) in [5.41, 5.74) is 9.83. The third-order valence-electron chi connectivity index (χ3n) is 3.70. The van der Waals surface area contributed by atoms with Crippen LogP contribution in [0.25, 0.3) is 0 Å². The SMILES string of the molecule is Nc1cccc2c1CN(C(=O)c1ccccc1Br)CC2. The molecule has 1 heterocycles. The van der Waals surface area contributed by atoms with E-state index < -0.39 is 0 Å². The minimum atomic E-state index is 0.0476. The number of amides is 1. The topological polar surface area (TPSA) is 46.3 Å². The van der Waals surface area contributed by atoms with Crippen LogP contribution in [0.1, 0.15) is 21.5 Å². The highest BCUT2D eigenvalue weighted by Gasteiger charge is 2.23. The lowest BCUT2D eigenvalue weighted by Gasteiger charge is -2.30. The van der Waals surface area contributed by atoms with Crippen LogP contribution < -0.4 is 5.73 Å². The maximum Gasteiger partial charge on any atom is 0.255 e. The number of halogens is 1. The Hall–Kier alpha value is -1.81. The molecule has 0 spiro atoms. The van der Waals surface area contributed by atoms with Gasteiger partial charge in [-0.3, -0.25) is 4.79 Å². The second-order valence-corrected chi connectivity index (χ2v) is 5.80. The lowest BCUT2D eigenvalue weighted by atomic mass is 9.97. The third kappa shape index (κ3) is 2.31. The van der Waals surface area contributed by atoms with Gasteiger partial charge in [-0.15, -0.1) is 0 Å². The average Bonchev–Trinajstić information content (AvgIpc) is 2.47. The Morgan fingerprint density at radius 1 is 1.15 bits per heavy atom. The zero-order valence-electron chi connectivity index (χ0n) is 11.0. The number of nitrogens with two attached hydrogens (primary N) is 1. The van der Waals surface area contributed by atoms with Gasteiger partial charge in [0.05, 0.1) is 5.56 Å².